The highest BCUT2D eigenvalue weighted by molar-refractivity contribution is 7.80. The fraction of sp³-hybridized carbons (Fsp3) is 0.467. The molecule has 2 unspecified atom stereocenters. The van der Waals surface area contributed by atoms with E-state index in [1.807, 2.05) is 18.2 Å². The van der Waals surface area contributed by atoms with Crippen molar-refractivity contribution in [3.63, 3.8) is 0 Å². The van der Waals surface area contributed by atoms with Crippen molar-refractivity contribution in [2.75, 3.05) is 6.54 Å². The lowest BCUT2D eigenvalue weighted by atomic mass is 9.79. The third-order valence-electron chi connectivity index (χ3n) is 4.14. The average molecular weight is 289 g/mol. The molecule has 3 rings (SSSR count). The Morgan fingerprint density at radius 2 is 2.25 bits per heavy atom. The Balaban J connectivity index is 1.75. The summed E-state index contributed by atoms with van der Waals surface area (Å²) in [6.45, 7) is 0.863. The zero-order valence-corrected chi connectivity index (χ0v) is 12.2. The molecule has 1 aromatic heterocycles. The van der Waals surface area contributed by atoms with Crippen molar-refractivity contribution >= 4 is 28.3 Å². The van der Waals surface area contributed by atoms with E-state index in [0.29, 0.717) is 16.9 Å². The summed E-state index contributed by atoms with van der Waals surface area (Å²) in [6, 6.07) is 8.09. The van der Waals surface area contributed by atoms with Gasteiger partial charge in [0.1, 0.15) is 0 Å². The quantitative estimate of drug-likeness (QED) is 0.851. The molecular formula is C15H19N3OS. The molecule has 1 aliphatic carbocycles. The Labute approximate surface area is 123 Å². The second-order valence-electron chi connectivity index (χ2n) is 5.54. The third-order valence-corrected chi connectivity index (χ3v) is 4.28. The Bertz CT molecular complexity index is 610. The molecule has 0 aliphatic heterocycles. The van der Waals surface area contributed by atoms with E-state index in [1.165, 1.54) is 19.3 Å². The number of thiocarbonyl (C=S) groups is 1. The van der Waals surface area contributed by atoms with Crippen LogP contribution in [-0.2, 0) is 0 Å². The van der Waals surface area contributed by atoms with E-state index < -0.39 is 0 Å². The Kier molecular flexibility index (Phi) is 3.87. The van der Waals surface area contributed by atoms with Gasteiger partial charge in [0.05, 0.1) is 5.69 Å². The molecule has 106 valence electrons. The van der Waals surface area contributed by atoms with E-state index in [1.54, 1.807) is 0 Å². The highest BCUT2D eigenvalue weighted by atomic mass is 32.1. The topological polar surface area (TPSA) is 64.1 Å². The van der Waals surface area contributed by atoms with Crippen LogP contribution in [0.3, 0.4) is 0 Å². The number of hydrogen-bond acceptors (Lipinski definition) is 3. The number of para-hydroxylation sites is 1. The van der Waals surface area contributed by atoms with Crippen LogP contribution in [0.5, 0.6) is 0 Å². The lowest BCUT2D eigenvalue weighted by Crippen LogP contribution is -2.34. The number of nitrogens with one attached hydrogen (secondary N) is 1. The zero-order chi connectivity index (χ0) is 13.9. The molecule has 0 saturated heterocycles. The van der Waals surface area contributed by atoms with Gasteiger partial charge < -0.3 is 15.6 Å². The summed E-state index contributed by atoms with van der Waals surface area (Å²) in [6.07, 6.45) is 4.74. The molecule has 3 N–H and O–H groups in total. The predicted molar refractivity (Wildman–Crippen MR) is 83.5 cm³/mol. The van der Waals surface area contributed by atoms with Crippen LogP contribution in [0.25, 0.3) is 11.0 Å². The van der Waals surface area contributed by atoms with E-state index >= 15 is 0 Å². The summed E-state index contributed by atoms with van der Waals surface area (Å²) in [5.74, 6) is 1.08. The molecule has 4 nitrogen and oxygen atoms in total. The minimum absolute atomic E-state index is 0.388. The monoisotopic (exact) mass is 289 g/mol. The lowest BCUT2D eigenvalue weighted by Gasteiger charge is -2.28. The van der Waals surface area contributed by atoms with Gasteiger partial charge in [0.25, 0.3) is 0 Å². The number of benzene rings is 1. The Morgan fingerprint density at radius 1 is 1.40 bits per heavy atom. The molecule has 20 heavy (non-hydrogen) atoms. The van der Waals surface area contributed by atoms with Crippen LogP contribution in [-0.4, -0.2) is 16.8 Å². The molecular weight excluding hydrogens is 270 g/mol. The normalized spacial score (nSPS) is 22.8. The summed E-state index contributed by atoms with van der Waals surface area (Å²) in [4.78, 5) is 0. The van der Waals surface area contributed by atoms with Gasteiger partial charge in [-0.05, 0) is 49.5 Å². The van der Waals surface area contributed by atoms with Gasteiger partial charge in [-0.3, -0.25) is 0 Å². The summed E-state index contributed by atoms with van der Waals surface area (Å²) in [5, 5.41) is 8.93. The van der Waals surface area contributed by atoms with E-state index in [-0.39, 0.29) is 0 Å². The first-order valence-electron chi connectivity index (χ1n) is 7.11. The molecule has 2 atom stereocenters. The van der Waals surface area contributed by atoms with Gasteiger partial charge in [0, 0.05) is 17.8 Å². The molecule has 1 aliphatic rings. The van der Waals surface area contributed by atoms with Crippen molar-refractivity contribution in [1.82, 2.24) is 10.5 Å². The molecule has 2 aromatic rings. The first kappa shape index (κ1) is 13.4. The van der Waals surface area contributed by atoms with Crippen molar-refractivity contribution in [3.8, 4) is 0 Å². The molecule has 0 bridgehead atoms. The van der Waals surface area contributed by atoms with Gasteiger partial charge in [-0.15, -0.1) is 0 Å². The fourth-order valence-corrected chi connectivity index (χ4v) is 3.25. The Morgan fingerprint density at radius 3 is 3.10 bits per heavy atom. The fourth-order valence-electron chi connectivity index (χ4n) is 3.17. The van der Waals surface area contributed by atoms with Crippen LogP contribution < -0.4 is 11.1 Å². The van der Waals surface area contributed by atoms with Crippen molar-refractivity contribution < 1.29 is 4.52 Å². The Hall–Kier alpha value is -1.62. The summed E-state index contributed by atoms with van der Waals surface area (Å²) < 4.78 is 5.43. The highest BCUT2D eigenvalue weighted by Crippen LogP contribution is 2.38. The largest absolute Gasteiger partial charge is 0.376 e. The maximum atomic E-state index is 5.51. The lowest BCUT2D eigenvalue weighted by molar-refractivity contribution is 0.310. The van der Waals surface area contributed by atoms with Crippen molar-refractivity contribution in [2.24, 2.45) is 11.7 Å². The SMILES string of the molecule is NC(=S)NCC1CCCC(c2noc3ccccc23)C1. The minimum Gasteiger partial charge on any atom is -0.376 e. The molecule has 1 saturated carbocycles. The van der Waals surface area contributed by atoms with Crippen LogP contribution in [0.15, 0.2) is 28.8 Å². The number of aromatic nitrogens is 1. The van der Waals surface area contributed by atoms with E-state index in [0.717, 1.165) is 29.6 Å². The van der Waals surface area contributed by atoms with Gasteiger partial charge in [0.15, 0.2) is 10.7 Å². The summed E-state index contributed by atoms with van der Waals surface area (Å²) >= 11 is 4.88. The standard InChI is InChI=1S/C15H19N3OS/c16-15(20)17-9-10-4-3-5-11(8-10)14-12-6-1-2-7-13(12)19-18-14/h1-2,6-7,10-11H,3-5,8-9H2,(H3,16,17,20). The van der Waals surface area contributed by atoms with Crippen molar-refractivity contribution in [1.29, 1.82) is 0 Å². The van der Waals surface area contributed by atoms with Crippen molar-refractivity contribution in [2.45, 2.75) is 31.6 Å². The van der Waals surface area contributed by atoms with Gasteiger partial charge >= 0.3 is 0 Å². The number of nitrogens with zero attached hydrogens (tertiary/aromatic N) is 1. The maximum Gasteiger partial charge on any atom is 0.167 e. The third kappa shape index (κ3) is 2.77. The van der Waals surface area contributed by atoms with Crippen LogP contribution in [0.4, 0.5) is 0 Å². The van der Waals surface area contributed by atoms with E-state index in [2.05, 4.69) is 16.5 Å². The van der Waals surface area contributed by atoms with Crippen LogP contribution in [0, 0.1) is 5.92 Å². The molecule has 0 radical (unpaired) electrons. The number of nitrogens with two attached hydrogens (primary N) is 1. The summed E-state index contributed by atoms with van der Waals surface area (Å²) in [5.41, 5.74) is 7.50. The smallest absolute Gasteiger partial charge is 0.167 e. The van der Waals surface area contributed by atoms with Crippen LogP contribution >= 0.6 is 12.2 Å². The maximum absolute atomic E-state index is 5.51. The number of hydrogen-bond donors (Lipinski definition) is 2. The van der Waals surface area contributed by atoms with E-state index in [9.17, 15) is 0 Å². The van der Waals surface area contributed by atoms with Crippen LogP contribution in [0.2, 0.25) is 0 Å². The molecule has 1 aromatic carbocycles. The minimum atomic E-state index is 0.388. The molecule has 0 spiro atoms. The highest BCUT2D eigenvalue weighted by Gasteiger charge is 2.26. The van der Waals surface area contributed by atoms with Gasteiger partial charge in [0.2, 0.25) is 0 Å². The first-order chi connectivity index (χ1) is 9.74. The van der Waals surface area contributed by atoms with Gasteiger partial charge in [-0.25, -0.2) is 0 Å². The predicted octanol–water partition coefficient (Wildman–Crippen LogP) is 2.93. The van der Waals surface area contributed by atoms with Gasteiger partial charge in [-0.2, -0.15) is 0 Å². The molecule has 1 heterocycles. The molecule has 0 amide bonds. The number of rotatable bonds is 3. The average Bonchev–Trinajstić information content (AvgIpc) is 2.89. The van der Waals surface area contributed by atoms with Crippen LogP contribution in [0.1, 0.15) is 37.3 Å². The molecule has 1 fully saturated rings. The van der Waals surface area contributed by atoms with E-state index in [4.69, 9.17) is 22.5 Å². The molecule has 5 heteroatoms. The second kappa shape index (κ2) is 5.79. The number of fused-ring (bicyclic) bond motifs is 1. The summed E-state index contributed by atoms with van der Waals surface area (Å²) in [7, 11) is 0. The van der Waals surface area contributed by atoms with Gasteiger partial charge in [-0.1, -0.05) is 23.7 Å². The van der Waals surface area contributed by atoms with Crippen molar-refractivity contribution in [3.05, 3.63) is 30.0 Å². The first-order valence-corrected chi connectivity index (χ1v) is 7.52. The zero-order valence-electron chi connectivity index (χ0n) is 11.3. The second-order valence-corrected chi connectivity index (χ2v) is 5.98.